The highest BCUT2D eigenvalue weighted by molar-refractivity contribution is 5.91. The van der Waals surface area contributed by atoms with Gasteiger partial charge in [0.1, 0.15) is 11.3 Å². The molecule has 0 amide bonds. The van der Waals surface area contributed by atoms with Crippen LogP contribution in [0.4, 0.5) is 0 Å². The quantitative estimate of drug-likeness (QED) is 0.875. The molecule has 0 radical (unpaired) electrons. The largest absolute Gasteiger partial charge is 0.496 e. The van der Waals surface area contributed by atoms with Gasteiger partial charge in [-0.2, -0.15) is 0 Å². The predicted octanol–water partition coefficient (Wildman–Crippen LogP) is 2.74. The van der Waals surface area contributed by atoms with Gasteiger partial charge in [0.05, 0.1) is 13.2 Å². The van der Waals surface area contributed by atoms with Crippen LogP contribution in [0.25, 0.3) is 0 Å². The summed E-state index contributed by atoms with van der Waals surface area (Å²) in [5.41, 5.74) is 2.25. The van der Waals surface area contributed by atoms with Crippen molar-refractivity contribution in [2.75, 3.05) is 20.2 Å². The van der Waals surface area contributed by atoms with Gasteiger partial charge in [-0.15, -0.1) is 0 Å². The van der Waals surface area contributed by atoms with E-state index in [-0.39, 0.29) is 11.5 Å². The van der Waals surface area contributed by atoms with E-state index in [1.165, 1.54) is 12.7 Å². The Morgan fingerprint density at radius 3 is 2.64 bits per heavy atom. The van der Waals surface area contributed by atoms with Crippen LogP contribution in [0.3, 0.4) is 0 Å². The fourth-order valence-electron chi connectivity index (χ4n) is 3.51. The molecule has 1 aliphatic rings. The van der Waals surface area contributed by atoms with E-state index >= 15 is 0 Å². The minimum absolute atomic E-state index is 0.155. The number of nitrogens with zero attached hydrogens (tertiary/aromatic N) is 1. The Labute approximate surface area is 147 Å². The Morgan fingerprint density at radius 1 is 1.24 bits per heavy atom. The van der Waals surface area contributed by atoms with Gasteiger partial charge in [0.2, 0.25) is 0 Å². The second kappa shape index (κ2) is 7.68. The van der Waals surface area contributed by atoms with E-state index in [1.54, 1.807) is 12.1 Å². The maximum Gasteiger partial charge on any atom is 0.339 e. The van der Waals surface area contributed by atoms with Gasteiger partial charge < -0.3 is 14.9 Å². The molecule has 132 valence electrons. The lowest BCUT2D eigenvalue weighted by Gasteiger charge is -2.36. The molecule has 3 rings (SSSR count). The van der Waals surface area contributed by atoms with Crippen molar-refractivity contribution in [1.29, 1.82) is 0 Å². The van der Waals surface area contributed by atoms with Crippen LogP contribution in [0.15, 0.2) is 48.5 Å². The highest BCUT2D eigenvalue weighted by Crippen LogP contribution is 2.29. The van der Waals surface area contributed by atoms with E-state index < -0.39 is 12.1 Å². The molecule has 2 N–H and O–H groups in total. The molecule has 0 aliphatic carbocycles. The van der Waals surface area contributed by atoms with Crippen molar-refractivity contribution in [2.24, 2.45) is 0 Å². The minimum atomic E-state index is -0.999. The number of rotatable bonds is 5. The molecule has 25 heavy (non-hydrogen) atoms. The SMILES string of the molecule is COc1ccc(CN2CC[C@@H](c3ccccc3)[C@H](O)C2)cc1C(=O)O. The molecule has 2 aromatic rings. The number of hydrogen-bond acceptors (Lipinski definition) is 4. The first kappa shape index (κ1) is 17.5. The minimum Gasteiger partial charge on any atom is -0.496 e. The summed E-state index contributed by atoms with van der Waals surface area (Å²) in [6.07, 6.45) is 0.459. The smallest absolute Gasteiger partial charge is 0.339 e. The van der Waals surface area contributed by atoms with Gasteiger partial charge in [-0.1, -0.05) is 36.4 Å². The van der Waals surface area contributed by atoms with E-state index in [9.17, 15) is 15.0 Å². The predicted molar refractivity (Wildman–Crippen MR) is 95.0 cm³/mol. The maximum absolute atomic E-state index is 11.3. The molecular formula is C20H23NO4. The summed E-state index contributed by atoms with van der Waals surface area (Å²) in [5, 5.41) is 19.8. The topological polar surface area (TPSA) is 70.0 Å². The number of piperidine rings is 1. The number of aliphatic hydroxyl groups is 1. The molecule has 2 aromatic carbocycles. The molecule has 0 aromatic heterocycles. The summed E-state index contributed by atoms with van der Waals surface area (Å²) in [6.45, 7) is 2.06. The summed E-state index contributed by atoms with van der Waals surface area (Å²) in [5.74, 6) is -0.483. The molecule has 0 saturated carbocycles. The van der Waals surface area contributed by atoms with E-state index in [4.69, 9.17) is 4.74 Å². The molecule has 2 atom stereocenters. The van der Waals surface area contributed by atoms with Gasteiger partial charge in [0, 0.05) is 19.0 Å². The zero-order chi connectivity index (χ0) is 17.8. The lowest BCUT2D eigenvalue weighted by Crippen LogP contribution is -2.42. The van der Waals surface area contributed by atoms with Crippen LogP contribution in [0, 0.1) is 0 Å². The van der Waals surface area contributed by atoms with Gasteiger partial charge in [0.15, 0.2) is 0 Å². The number of methoxy groups -OCH3 is 1. The van der Waals surface area contributed by atoms with Crippen molar-refractivity contribution in [3.63, 3.8) is 0 Å². The van der Waals surface area contributed by atoms with Crippen LogP contribution < -0.4 is 4.74 Å². The number of carbonyl (C=O) groups is 1. The average molecular weight is 341 g/mol. The number of aliphatic hydroxyl groups excluding tert-OH is 1. The fraction of sp³-hybridized carbons (Fsp3) is 0.350. The van der Waals surface area contributed by atoms with Crippen LogP contribution >= 0.6 is 0 Å². The average Bonchev–Trinajstić information content (AvgIpc) is 2.62. The molecule has 1 fully saturated rings. The van der Waals surface area contributed by atoms with Gasteiger partial charge in [-0.3, -0.25) is 4.90 Å². The zero-order valence-electron chi connectivity index (χ0n) is 14.3. The third-order valence-corrected chi connectivity index (χ3v) is 4.79. The lowest BCUT2D eigenvalue weighted by molar-refractivity contribution is 0.0476. The summed E-state index contributed by atoms with van der Waals surface area (Å²) in [6, 6.07) is 15.3. The number of likely N-dealkylation sites (tertiary alicyclic amines) is 1. The van der Waals surface area contributed by atoms with Crippen molar-refractivity contribution < 1.29 is 19.7 Å². The third-order valence-electron chi connectivity index (χ3n) is 4.79. The normalized spacial score (nSPS) is 21.0. The van der Waals surface area contributed by atoms with Crippen molar-refractivity contribution in [3.05, 3.63) is 65.2 Å². The van der Waals surface area contributed by atoms with E-state index in [0.717, 1.165) is 18.5 Å². The van der Waals surface area contributed by atoms with E-state index in [2.05, 4.69) is 17.0 Å². The molecule has 5 nitrogen and oxygen atoms in total. The van der Waals surface area contributed by atoms with Crippen LogP contribution in [0.2, 0.25) is 0 Å². The number of carboxylic acid groups (broad SMARTS) is 1. The number of hydrogen-bond donors (Lipinski definition) is 2. The summed E-state index contributed by atoms with van der Waals surface area (Å²) >= 11 is 0. The molecule has 5 heteroatoms. The number of benzene rings is 2. The van der Waals surface area contributed by atoms with Crippen LogP contribution in [0.1, 0.15) is 33.8 Å². The van der Waals surface area contributed by atoms with Gasteiger partial charge in [0.25, 0.3) is 0 Å². The molecule has 0 bridgehead atoms. The molecule has 1 aliphatic heterocycles. The number of β-amino-alcohol motifs (C(OH)–C–C–N with tert-alkyl or cyclic N) is 1. The molecule has 1 saturated heterocycles. The number of aromatic carboxylic acids is 1. The molecule has 1 heterocycles. The summed E-state index contributed by atoms with van der Waals surface area (Å²) in [7, 11) is 1.46. The molecule has 0 unspecified atom stereocenters. The van der Waals surface area contributed by atoms with Crippen LogP contribution in [0.5, 0.6) is 5.75 Å². The monoisotopic (exact) mass is 341 g/mol. The Hall–Kier alpha value is -2.37. The number of carboxylic acids is 1. The first-order chi connectivity index (χ1) is 12.1. The van der Waals surface area contributed by atoms with E-state index in [1.807, 2.05) is 24.3 Å². The summed E-state index contributed by atoms with van der Waals surface area (Å²) in [4.78, 5) is 13.5. The Morgan fingerprint density at radius 2 is 2.00 bits per heavy atom. The lowest BCUT2D eigenvalue weighted by atomic mass is 9.87. The van der Waals surface area contributed by atoms with Gasteiger partial charge >= 0.3 is 5.97 Å². The highest BCUT2D eigenvalue weighted by Gasteiger charge is 2.28. The van der Waals surface area contributed by atoms with Crippen LogP contribution in [-0.2, 0) is 6.54 Å². The van der Waals surface area contributed by atoms with Crippen molar-refractivity contribution in [1.82, 2.24) is 4.90 Å². The standard InChI is InChI=1S/C20H23NO4/c1-25-19-8-7-14(11-17(19)20(23)24)12-21-10-9-16(18(22)13-21)15-5-3-2-4-6-15/h2-8,11,16,18,22H,9-10,12-13H2,1H3,(H,23,24)/t16-,18+/m0/s1. The molecular weight excluding hydrogens is 318 g/mol. The highest BCUT2D eigenvalue weighted by atomic mass is 16.5. The first-order valence-corrected chi connectivity index (χ1v) is 8.44. The second-order valence-electron chi connectivity index (χ2n) is 6.45. The van der Waals surface area contributed by atoms with Gasteiger partial charge in [-0.05, 0) is 36.2 Å². The molecule has 0 spiro atoms. The summed E-state index contributed by atoms with van der Waals surface area (Å²) < 4.78 is 5.10. The Balaban J connectivity index is 1.67. The zero-order valence-corrected chi connectivity index (χ0v) is 14.3. The first-order valence-electron chi connectivity index (χ1n) is 8.44. The number of ether oxygens (including phenoxy) is 1. The van der Waals surface area contributed by atoms with Crippen molar-refractivity contribution in [3.8, 4) is 5.75 Å². The van der Waals surface area contributed by atoms with E-state index in [0.29, 0.717) is 18.8 Å². The second-order valence-corrected chi connectivity index (χ2v) is 6.45. The fourth-order valence-corrected chi connectivity index (χ4v) is 3.51. The van der Waals surface area contributed by atoms with Gasteiger partial charge in [-0.25, -0.2) is 4.79 Å². The van der Waals surface area contributed by atoms with Crippen molar-refractivity contribution >= 4 is 5.97 Å². The van der Waals surface area contributed by atoms with Crippen LogP contribution in [-0.4, -0.2) is 47.4 Å². The maximum atomic E-state index is 11.3. The third kappa shape index (κ3) is 4.00. The Kier molecular flexibility index (Phi) is 5.36. The Bertz CT molecular complexity index is 732. The van der Waals surface area contributed by atoms with Crippen molar-refractivity contribution in [2.45, 2.75) is 25.0 Å².